The van der Waals surface area contributed by atoms with Crippen LogP contribution in [-0.4, -0.2) is 50.1 Å². The first-order valence-corrected chi connectivity index (χ1v) is 9.87. The third-order valence-corrected chi connectivity index (χ3v) is 5.44. The normalized spacial score (nSPS) is 18.7. The molecule has 0 radical (unpaired) electrons. The van der Waals surface area contributed by atoms with Crippen molar-refractivity contribution in [3.05, 3.63) is 59.9 Å². The Labute approximate surface area is 170 Å². The average Bonchev–Trinajstić information content (AvgIpc) is 3.15. The van der Waals surface area contributed by atoms with Crippen LogP contribution in [0.25, 0.3) is 11.1 Å². The number of benzene rings is 2. The van der Waals surface area contributed by atoms with Crippen LogP contribution in [0.15, 0.2) is 48.5 Å². The van der Waals surface area contributed by atoms with Crippen LogP contribution in [0.3, 0.4) is 0 Å². The molecule has 1 aliphatic heterocycles. The average molecular weight is 398 g/mol. The lowest BCUT2D eigenvalue weighted by Gasteiger charge is -2.28. The number of methoxy groups -OCH3 is 1. The molecule has 2 aromatic rings. The number of ether oxygens (including phenoxy) is 1. The SMILES string of the molecule is CCNC(=O)[C@@]1(Cc2cccc(-c3ccc(F)cc3)c2)CCN(C(=O)COC)C1. The molecular weight excluding hydrogens is 371 g/mol. The Balaban J connectivity index is 1.85. The van der Waals surface area contributed by atoms with Crippen molar-refractivity contribution in [2.24, 2.45) is 5.41 Å². The molecule has 0 bridgehead atoms. The fourth-order valence-corrected chi connectivity index (χ4v) is 3.95. The molecular formula is C23H27FN2O3. The lowest BCUT2D eigenvalue weighted by atomic mass is 9.79. The van der Waals surface area contributed by atoms with Crippen molar-refractivity contribution in [3.63, 3.8) is 0 Å². The van der Waals surface area contributed by atoms with Crippen molar-refractivity contribution in [1.82, 2.24) is 10.2 Å². The van der Waals surface area contributed by atoms with Crippen molar-refractivity contribution >= 4 is 11.8 Å². The predicted octanol–water partition coefficient (Wildman–Crippen LogP) is 3.04. The van der Waals surface area contributed by atoms with E-state index in [2.05, 4.69) is 5.32 Å². The highest BCUT2D eigenvalue weighted by atomic mass is 19.1. The lowest BCUT2D eigenvalue weighted by molar-refractivity contribution is -0.135. The Hall–Kier alpha value is -2.73. The van der Waals surface area contributed by atoms with Gasteiger partial charge in [0, 0.05) is 26.7 Å². The van der Waals surface area contributed by atoms with Gasteiger partial charge in [-0.05, 0) is 48.6 Å². The summed E-state index contributed by atoms with van der Waals surface area (Å²) in [7, 11) is 1.49. The van der Waals surface area contributed by atoms with Gasteiger partial charge in [-0.3, -0.25) is 9.59 Å². The van der Waals surface area contributed by atoms with E-state index in [-0.39, 0.29) is 24.2 Å². The summed E-state index contributed by atoms with van der Waals surface area (Å²) in [6.07, 6.45) is 1.14. The van der Waals surface area contributed by atoms with Gasteiger partial charge in [-0.25, -0.2) is 4.39 Å². The van der Waals surface area contributed by atoms with E-state index in [1.807, 2.05) is 31.2 Å². The highest BCUT2D eigenvalue weighted by Gasteiger charge is 2.45. The van der Waals surface area contributed by atoms with Crippen LogP contribution in [0.4, 0.5) is 4.39 Å². The maximum absolute atomic E-state index is 13.2. The molecule has 5 nitrogen and oxygen atoms in total. The summed E-state index contributed by atoms with van der Waals surface area (Å²) >= 11 is 0. The van der Waals surface area contributed by atoms with Crippen molar-refractivity contribution in [2.75, 3.05) is 33.4 Å². The molecule has 6 heteroatoms. The van der Waals surface area contributed by atoms with Gasteiger partial charge in [0.15, 0.2) is 0 Å². The molecule has 3 rings (SSSR count). The van der Waals surface area contributed by atoms with Crippen molar-refractivity contribution in [1.29, 1.82) is 0 Å². The van der Waals surface area contributed by atoms with Crippen molar-refractivity contribution < 1.29 is 18.7 Å². The topological polar surface area (TPSA) is 58.6 Å². The van der Waals surface area contributed by atoms with E-state index < -0.39 is 5.41 Å². The van der Waals surface area contributed by atoms with E-state index in [0.29, 0.717) is 32.5 Å². The van der Waals surface area contributed by atoms with E-state index >= 15 is 0 Å². The Morgan fingerprint density at radius 1 is 1.17 bits per heavy atom. The standard InChI is InChI=1S/C23H27FN2O3/c1-3-25-22(28)23(11-12-26(16-23)21(27)15-29-2)14-17-5-4-6-19(13-17)18-7-9-20(24)10-8-18/h4-10,13H,3,11-12,14-16H2,1-2H3,(H,25,28)/t23-/m1/s1. The van der Waals surface area contributed by atoms with Crippen LogP contribution >= 0.6 is 0 Å². The second-order valence-corrected chi connectivity index (χ2v) is 7.52. The van der Waals surface area contributed by atoms with Crippen LogP contribution < -0.4 is 5.32 Å². The molecule has 1 N–H and O–H groups in total. The molecule has 0 unspecified atom stereocenters. The van der Waals surface area contributed by atoms with Gasteiger partial charge < -0.3 is 15.0 Å². The Morgan fingerprint density at radius 2 is 1.93 bits per heavy atom. The van der Waals surface area contributed by atoms with Crippen LogP contribution in [0, 0.1) is 11.2 Å². The maximum atomic E-state index is 13.2. The first-order valence-electron chi connectivity index (χ1n) is 9.87. The molecule has 154 valence electrons. The molecule has 2 aromatic carbocycles. The number of nitrogens with one attached hydrogen (secondary N) is 1. The minimum atomic E-state index is -0.666. The highest BCUT2D eigenvalue weighted by molar-refractivity contribution is 5.86. The van der Waals surface area contributed by atoms with E-state index in [0.717, 1.165) is 16.7 Å². The largest absolute Gasteiger partial charge is 0.375 e. The molecule has 0 spiro atoms. The summed E-state index contributed by atoms with van der Waals surface area (Å²) in [5.74, 6) is -0.398. The second-order valence-electron chi connectivity index (χ2n) is 7.52. The Bertz CT molecular complexity index is 869. The molecule has 2 amide bonds. The monoisotopic (exact) mass is 398 g/mol. The van der Waals surface area contributed by atoms with Crippen LogP contribution in [0.1, 0.15) is 18.9 Å². The smallest absolute Gasteiger partial charge is 0.248 e. The van der Waals surface area contributed by atoms with Gasteiger partial charge in [-0.15, -0.1) is 0 Å². The zero-order valence-corrected chi connectivity index (χ0v) is 16.9. The summed E-state index contributed by atoms with van der Waals surface area (Å²) < 4.78 is 18.2. The first-order chi connectivity index (χ1) is 14.0. The maximum Gasteiger partial charge on any atom is 0.248 e. The summed E-state index contributed by atoms with van der Waals surface area (Å²) in [4.78, 5) is 27.0. The summed E-state index contributed by atoms with van der Waals surface area (Å²) in [6.45, 7) is 3.37. The molecule has 29 heavy (non-hydrogen) atoms. The quantitative estimate of drug-likeness (QED) is 0.780. The first kappa shape index (κ1) is 21.0. The van der Waals surface area contributed by atoms with Gasteiger partial charge in [-0.1, -0.05) is 36.4 Å². The van der Waals surface area contributed by atoms with Gasteiger partial charge in [0.2, 0.25) is 11.8 Å². The third-order valence-electron chi connectivity index (χ3n) is 5.44. The summed E-state index contributed by atoms with van der Waals surface area (Å²) in [5, 5.41) is 2.94. The van der Waals surface area contributed by atoms with Crippen molar-refractivity contribution in [2.45, 2.75) is 19.8 Å². The summed E-state index contributed by atoms with van der Waals surface area (Å²) in [6, 6.07) is 14.3. The molecule has 0 aliphatic carbocycles. The molecule has 0 saturated carbocycles. The van der Waals surface area contributed by atoms with E-state index in [4.69, 9.17) is 4.74 Å². The Kier molecular flexibility index (Phi) is 6.64. The molecule has 1 saturated heterocycles. The number of hydrogen-bond donors (Lipinski definition) is 1. The number of carbonyl (C=O) groups excluding carboxylic acids is 2. The zero-order valence-electron chi connectivity index (χ0n) is 16.9. The van der Waals surface area contributed by atoms with E-state index in [1.54, 1.807) is 17.0 Å². The van der Waals surface area contributed by atoms with Crippen molar-refractivity contribution in [3.8, 4) is 11.1 Å². The fourth-order valence-electron chi connectivity index (χ4n) is 3.95. The number of carbonyl (C=O) groups is 2. The van der Waals surface area contributed by atoms with Gasteiger partial charge in [0.1, 0.15) is 12.4 Å². The number of amides is 2. The lowest BCUT2D eigenvalue weighted by Crippen LogP contribution is -2.45. The van der Waals surface area contributed by atoms with Gasteiger partial charge in [0.05, 0.1) is 5.41 Å². The minimum Gasteiger partial charge on any atom is -0.375 e. The third kappa shape index (κ3) is 4.82. The minimum absolute atomic E-state index is 0.0194. The number of rotatable bonds is 7. The van der Waals surface area contributed by atoms with Gasteiger partial charge >= 0.3 is 0 Å². The fraction of sp³-hybridized carbons (Fsp3) is 0.391. The predicted molar refractivity (Wildman–Crippen MR) is 110 cm³/mol. The highest BCUT2D eigenvalue weighted by Crippen LogP contribution is 2.35. The van der Waals surface area contributed by atoms with Crippen LogP contribution in [-0.2, 0) is 20.7 Å². The Morgan fingerprint density at radius 3 is 2.62 bits per heavy atom. The van der Waals surface area contributed by atoms with Crippen LogP contribution in [0.2, 0.25) is 0 Å². The number of hydrogen-bond acceptors (Lipinski definition) is 3. The summed E-state index contributed by atoms with van der Waals surface area (Å²) in [5.41, 5.74) is 2.24. The molecule has 1 heterocycles. The van der Waals surface area contributed by atoms with Gasteiger partial charge in [0.25, 0.3) is 0 Å². The van der Waals surface area contributed by atoms with Crippen LogP contribution in [0.5, 0.6) is 0 Å². The number of halogens is 1. The number of nitrogens with zero attached hydrogens (tertiary/aromatic N) is 1. The second kappa shape index (κ2) is 9.18. The van der Waals surface area contributed by atoms with Gasteiger partial charge in [-0.2, -0.15) is 0 Å². The van der Waals surface area contributed by atoms with E-state index in [1.165, 1.54) is 19.2 Å². The molecule has 0 aromatic heterocycles. The zero-order chi connectivity index (χ0) is 20.9. The van der Waals surface area contributed by atoms with E-state index in [9.17, 15) is 14.0 Å². The molecule has 1 atom stereocenters. The molecule has 1 fully saturated rings. The molecule has 1 aliphatic rings. The number of likely N-dealkylation sites (tertiary alicyclic amines) is 1.